The number of carbonyl (C=O) groups excluding carboxylic acids is 3. The zero-order valence-corrected chi connectivity index (χ0v) is 19.9. The first kappa shape index (κ1) is 26.5. The molecule has 1 unspecified atom stereocenters. The molecule has 1 aromatic carbocycles. The van der Waals surface area contributed by atoms with Crippen LogP contribution < -0.4 is 10.8 Å². The minimum Gasteiger partial charge on any atom is -0.385 e. The Hall–Kier alpha value is -2.75. The molecule has 0 bridgehead atoms. The SMILES string of the molecule is CNC(=O)[C@@](C)(C(=O)NOC1CCCCO1)N(C)C(=O)c1ccc(/C=C/CCCOC)cc1. The van der Waals surface area contributed by atoms with Crippen LogP contribution in [-0.4, -0.2) is 68.9 Å². The number of benzene rings is 1. The number of nitrogens with zero attached hydrogens (tertiary/aromatic N) is 1. The second-order valence-electron chi connectivity index (χ2n) is 8.02. The summed E-state index contributed by atoms with van der Waals surface area (Å²) in [7, 11) is 4.50. The molecule has 0 spiro atoms. The Kier molecular flexibility index (Phi) is 10.5. The van der Waals surface area contributed by atoms with Gasteiger partial charge in [-0.05, 0) is 50.3 Å². The van der Waals surface area contributed by atoms with E-state index in [1.807, 2.05) is 24.3 Å². The Balaban J connectivity index is 2.08. The summed E-state index contributed by atoms with van der Waals surface area (Å²) in [5, 5.41) is 2.46. The molecule has 33 heavy (non-hydrogen) atoms. The number of methoxy groups -OCH3 is 1. The van der Waals surface area contributed by atoms with Gasteiger partial charge in [-0.25, -0.2) is 10.3 Å². The maximum Gasteiger partial charge on any atom is 0.279 e. The van der Waals surface area contributed by atoms with E-state index >= 15 is 0 Å². The number of amides is 3. The maximum absolute atomic E-state index is 13.1. The molecule has 1 aromatic rings. The number of carbonyl (C=O) groups is 3. The summed E-state index contributed by atoms with van der Waals surface area (Å²) in [6, 6.07) is 6.97. The van der Waals surface area contributed by atoms with E-state index in [0.29, 0.717) is 25.2 Å². The van der Waals surface area contributed by atoms with Crippen LogP contribution in [0, 0.1) is 0 Å². The quantitative estimate of drug-likeness (QED) is 0.298. The number of allylic oxidation sites excluding steroid dienone is 1. The van der Waals surface area contributed by atoms with E-state index in [0.717, 1.165) is 36.1 Å². The smallest absolute Gasteiger partial charge is 0.279 e. The van der Waals surface area contributed by atoms with Gasteiger partial charge in [-0.2, -0.15) is 0 Å². The number of hydrogen-bond donors (Lipinski definition) is 2. The predicted octanol–water partition coefficient (Wildman–Crippen LogP) is 2.28. The molecule has 0 aliphatic carbocycles. The van der Waals surface area contributed by atoms with Gasteiger partial charge in [0.15, 0.2) is 11.8 Å². The number of ether oxygens (including phenoxy) is 2. The van der Waals surface area contributed by atoms with Crippen LogP contribution in [-0.2, 0) is 23.9 Å². The van der Waals surface area contributed by atoms with Gasteiger partial charge >= 0.3 is 0 Å². The average Bonchev–Trinajstić information content (AvgIpc) is 2.86. The van der Waals surface area contributed by atoms with E-state index in [4.69, 9.17) is 14.3 Å². The van der Waals surface area contributed by atoms with E-state index in [-0.39, 0.29) is 0 Å². The molecular weight excluding hydrogens is 426 g/mol. The molecule has 1 heterocycles. The summed E-state index contributed by atoms with van der Waals surface area (Å²) >= 11 is 0. The summed E-state index contributed by atoms with van der Waals surface area (Å²) in [4.78, 5) is 45.2. The topological polar surface area (TPSA) is 106 Å². The number of hydroxylamine groups is 1. The third-order valence-corrected chi connectivity index (χ3v) is 5.69. The number of rotatable bonds is 11. The van der Waals surface area contributed by atoms with Crippen molar-refractivity contribution in [2.45, 2.75) is 50.9 Å². The molecule has 0 aromatic heterocycles. The van der Waals surface area contributed by atoms with Crippen molar-refractivity contribution in [2.24, 2.45) is 0 Å². The van der Waals surface area contributed by atoms with Crippen LogP contribution in [0.5, 0.6) is 0 Å². The Morgan fingerprint density at radius 3 is 2.55 bits per heavy atom. The van der Waals surface area contributed by atoms with Gasteiger partial charge in [-0.1, -0.05) is 24.3 Å². The molecule has 0 radical (unpaired) electrons. The van der Waals surface area contributed by atoms with Crippen molar-refractivity contribution in [3.8, 4) is 0 Å². The Bertz CT molecular complexity index is 820. The van der Waals surface area contributed by atoms with E-state index in [9.17, 15) is 14.4 Å². The lowest BCUT2D eigenvalue weighted by Gasteiger charge is -2.36. The highest BCUT2D eigenvalue weighted by Gasteiger charge is 2.47. The molecule has 1 aliphatic heterocycles. The molecule has 1 fully saturated rings. The van der Waals surface area contributed by atoms with E-state index in [1.54, 1.807) is 19.2 Å². The molecule has 182 valence electrons. The fourth-order valence-electron chi connectivity index (χ4n) is 3.37. The third kappa shape index (κ3) is 7.12. The number of unbranched alkanes of at least 4 members (excludes halogenated alkanes) is 1. The molecule has 2 rings (SSSR count). The second kappa shape index (κ2) is 13.1. The standard InChI is InChI=1S/C24H35N3O6/c1-24(22(29)25-2,23(30)26-33-20-11-7-9-17-32-20)27(3)21(28)19-14-12-18(13-15-19)10-6-5-8-16-31-4/h6,10,12-15,20H,5,7-9,11,16-17H2,1-4H3,(H,25,29)(H,26,30)/b10-6+/t20?,24-/m0/s1. The normalized spacial score (nSPS) is 17.9. The first-order chi connectivity index (χ1) is 15.8. The lowest BCUT2D eigenvalue weighted by molar-refractivity contribution is -0.204. The van der Waals surface area contributed by atoms with Crippen LogP contribution in [0.3, 0.4) is 0 Å². The highest BCUT2D eigenvalue weighted by atomic mass is 16.8. The minimum atomic E-state index is -1.83. The monoisotopic (exact) mass is 461 g/mol. The van der Waals surface area contributed by atoms with Crippen molar-refractivity contribution >= 4 is 23.8 Å². The first-order valence-corrected chi connectivity index (χ1v) is 11.2. The largest absolute Gasteiger partial charge is 0.385 e. The zero-order valence-electron chi connectivity index (χ0n) is 19.9. The number of likely N-dealkylation sites (N-methyl/N-ethyl adjacent to an activating group) is 2. The van der Waals surface area contributed by atoms with Crippen LogP contribution in [0.2, 0.25) is 0 Å². The lowest BCUT2D eigenvalue weighted by atomic mass is 9.96. The van der Waals surface area contributed by atoms with Gasteiger partial charge in [0.25, 0.3) is 17.7 Å². The van der Waals surface area contributed by atoms with Crippen LogP contribution >= 0.6 is 0 Å². The van der Waals surface area contributed by atoms with Gasteiger partial charge in [0.05, 0.1) is 0 Å². The number of hydrogen-bond acceptors (Lipinski definition) is 6. The second-order valence-corrected chi connectivity index (χ2v) is 8.02. The van der Waals surface area contributed by atoms with Crippen molar-refractivity contribution in [1.29, 1.82) is 0 Å². The zero-order chi connectivity index (χ0) is 24.3. The lowest BCUT2D eigenvalue weighted by Crippen LogP contribution is -2.65. The Morgan fingerprint density at radius 1 is 1.21 bits per heavy atom. The molecule has 2 N–H and O–H groups in total. The van der Waals surface area contributed by atoms with Crippen molar-refractivity contribution in [3.63, 3.8) is 0 Å². The van der Waals surface area contributed by atoms with Crippen LogP contribution in [0.1, 0.15) is 54.9 Å². The van der Waals surface area contributed by atoms with Crippen LogP contribution in [0.25, 0.3) is 6.08 Å². The average molecular weight is 462 g/mol. The van der Waals surface area contributed by atoms with Crippen LogP contribution in [0.15, 0.2) is 30.3 Å². The Labute approximate surface area is 195 Å². The summed E-state index contributed by atoms with van der Waals surface area (Å²) in [6.45, 7) is 2.63. The van der Waals surface area contributed by atoms with Crippen molar-refractivity contribution in [2.75, 3.05) is 34.4 Å². The van der Waals surface area contributed by atoms with Gasteiger partial charge in [-0.15, -0.1) is 0 Å². The molecule has 1 aliphatic rings. The van der Waals surface area contributed by atoms with Crippen LogP contribution in [0.4, 0.5) is 0 Å². The maximum atomic E-state index is 13.1. The Morgan fingerprint density at radius 2 is 1.94 bits per heavy atom. The van der Waals surface area contributed by atoms with Crippen molar-refractivity contribution in [1.82, 2.24) is 15.7 Å². The molecule has 3 amide bonds. The minimum absolute atomic E-state index is 0.355. The molecule has 9 nitrogen and oxygen atoms in total. The van der Waals surface area contributed by atoms with Gasteiger partial charge < -0.3 is 19.7 Å². The molecule has 2 atom stereocenters. The molecular formula is C24H35N3O6. The van der Waals surface area contributed by atoms with E-state index < -0.39 is 29.6 Å². The van der Waals surface area contributed by atoms with E-state index in [1.165, 1.54) is 21.0 Å². The van der Waals surface area contributed by atoms with Gasteiger partial charge in [0.1, 0.15) is 0 Å². The fraction of sp³-hybridized carbons (Fsp3) is 0.542. The van der Waals surface area contributed by atoms with Gasteiger partial charge in [0, 0.05) is 46.4 Å². The summed E-state index contributed by atoms with van der Waals surface area (Å²) in [6.07, 6.45) is 7.76. The third-order valence-electron chi connectivity index (χ3n) is 5.69. The highest BCUT2D eigenvalue weighted by Crippen LogP contribution is 2.20. The fourth-order valence-corrected chi connectivity index (χ4v) is 3.37. The van der Waals surface area contributed by atoms with Gasteiger partial charge in [-0.3, -0.25) is 14.4 Å². The highest BCUT2D eigenvalue weighted by molar-refractivity contribution is 6.12. The first-order valence-electron chi connectivity index (χ1n) is 11.2. The molecule has 1 saturated heterocycles. The van der Waals surface area contributed by atoms with Crippen molar-refractivity contribution in [3.05, 3.63) is 41.5 Å². The number of nitrogens with one attached hydrogen (secondary N) is 2. The summed E-state index contributed by atoms with van der Waals surface area (Å²) in [5.41, 5.74) is 1.77. The van der Waals surface area contributed by atoms with E-state index in [2.05, 4.69) is 10.8 Å². The summed E-state index contributed by atoms with van der Waals surface area (Å²) < 4.78 is 10.5. The molecule has 9 heteroatoms. The summed E-state index contributed by atoms with van der Waals surface area (Å²) in [5.74, 6) is -1.87. The molecule has 0 saturated carbocycles. The predicted molar refractivity (Wildman–Crippen MR) is 124 cm³/mol. The van der Waals surface area contributed by atoms with Gasteiger partial charge in [0.2, 0.25) is 0 Å². The van der Waals surface area contributed by atoms with Crippen molar-refractivity contribution < 1.29 is 28.7 Å².